The standard InChI is InChI=1S/C23H25N3O7/c1-8-9-33-22(28)16-12(2)24-20-18(21(27)26(4)23(29)25(20)3)17(16)13-10-14(30-5)19(32-7)15(11-13)31-6/h8,10-11H,1,9H2,2-7H3/p+1. The minimum atomic E-state index is -0.662. The van der Waals surface area contributed by atoms with Crippen LogP contribution in [0.5, 0.6) is 17.2 Å². The molecule has 0 aliphatic heterocycles. The van der Waals surface area contributed by atoms with Gasteiger partial charge in [0, 0.05) is 12.6 Å². The second kappa shape index (κ2) is 9.19. The largest absolute Gasteiger partial charge is 0.493 e. The molecular formula is C23H26N3O7+. The average molecular weight is 456 g/mol. The average Bonchev–Trinajstić information content (AvgIpc) is 2.82. The zero-order valence-corrected chi connectivity index (χ0v) is 19.4. The van der Waals surface area contributed by atoms with Crippen LogP contribution in [0.3, 0.4) is 0 Å². The van der Waals surface area contributed by atoms with Gasteiger partial charge in [-0.1, -0.05) is 12.7 Å². The minimum absolute atomic E-state index is 0.0176. The summed E-state index contributed by atoms with van der Waals surface area (Å²) in [6, 6.07) is 3.26. The van der Waals surface area contributed by atoms with E-state index >= 15 is 0 Å². The fourth-order valence-corrected chi connectivity index (χ4v) is 3.74. The van der Waals surface area contributed by atoms with E-state index in [-0.39, 0.29) is 28.8 Å². The van der Waals surface area contributed by atoms with Crippen LogP contribution in [0.25, 0.3) is 22.2 Å². The molecule has 0 aliphatic carbocycles. The van der Waals surface area contributed by atoms with Crippen LogP contribution in [0.4, 0.5) is 0 Å². The second-order valence-electron chi connectivity index (χ2n) is 7.23. The summed E-state index contributed by atoms with van der Waals surface area (Å²) in [7, 11) is 7.31. The Labute approximate surface area is 189 Å². The lowest BCUT2D eigenvalue weighted by Crippen LogP contribution is -2.40. The number of aromatic nitrogens is 3. The van der Waals surface area contributed by atoms with Gasteiger partial charge in [-0.25, -0.2) is 19.1 Å². The molecule has 0 unspecified atom stereocenters. The number of aryl methyl sites for hydroxylation is 2. The summed E-state index contributed by atoms with van der Waals surface area (Å²) in [5, 5.41) is 0.130. The van der Waals surface area contributed by atoms with Crippen LogP contribution in [-0.4, -0.2) is 43.0 Å². The molecule has 0 saturated carbocycles. The minimum Gasteiger partial charge on any atom is -0.493 e. The first-order valence-electron chi connectivity index (χ1n) is 9.95. The molecule has 0 saturated heterocycles. The molecule has 3 rings (SSSR count). The maximum atomic E-state index is 13.3. The third kappa shape index (κ3) is 3.84. The highest BCUT2D eigenvalue weighted by molar-refractivity contribution is 6.06. The number of nitrogens with zero attached hydrogens (tertiary/aromatic N) is 2. The number of rotatable bonds is 7. The van der Waals surface area contributed by atoms with Gasteiger partial charge < -0.3 is 18.9 Å². The number of esters is 1. The van der Waals surface area contributed by atoms with Gasteiger partial charge in [0.25, 0.3) is 11.2 Å². The lowest BCUT2D eigenvalue weighted by atomic mass is 9.95. The Morgan fingerprint density at radius 3 is 2.18 bits per heavy atom. The van der Waals surface area contributed by atoms with E-state index in [0.29, 0.717) is 28.5 Å². The van der Waals surface area contributed by atoms with Crippen molar-refractivity contribution in [1.29, 1.82) is 0 Å². The van der Waals surface area contributed by atoms with Crippen molar-refractivity contribution in [3.05, 3.63) is 56.9 Å². The molecule has 33 heavy (non-hydrogen) atoms. The van der Waals surface area contributed by atoms with E-state index in [0.717, 1.165) is 4.57 Å². The first-order valence-corrected chi connectivity index (χ1v) is 9.95. The summed E-state index contributed by atoms with van der Waals surface area (Å²) in [6.07, 6.45) is 1.44. The summed E-state index contributed by atoms with van der Waals surface area (Å²) in [5.74, 6) is 0.351. The van der Waals surface area contributed by atoms with Gasteiger partial charge >= 0.3 is 11.7 Å². The van der Waals surface area contributed by atoms with Crippen LogP contribution in [0.15, 0.2) is 34.4 Å². The molecule has 0 bridgehead atoms. The summed E-state index contributed by atoms with van der Waals surface area (Å²) < 4.78 is 23.9. The fourth-order valence-electron chi connectivity index (χ4n) is 3.74. The van der Waals surface area contributed by atoms with Crippen LogP contribution >= 0.6 is 0 Å². The predicted molar refractivity (Wildman–Crippen MR) is 121 cm³/mol. The van der Waals surface area contributed by atoms with Gasteiger partial charge in [-0.15, -0.1) is 0 Å². The number of H-pyrrole nitrogens is 1. The SMILES string of the molecule is C=CCOC(=O)c1c(C)[nH+]c2c(c1-c1cc(OC)c(OC)c(OC)c1)c(=O)n(C)c(=O)n2C. The number of ether oxygens (including phenoxy) is 4. The van der Waals surface area contributed by atoms with Gasteiger partial charge in [-0.2, -0.15) is 4.57 Å². The molecule has 174 valence electrons. The Bertz CT molecular complexity index is 1360. The molecule has 10 nitrogen and oxygen atoms in total. The number of methoxy groups -OCH3 is 3. The van der Waals surface area contributed by atoms with Gasteiger partial charge in [-0.05, 0) is 24.6 Å². The number of carbonyl (C=O) groups excluding carboxylic acids is 1. The van der Waals surface area contributed by atoms with Crippen molar-refractivity contribution >= 4 is 17.0 Å². The maximum Gasteiger partial charge on any atom is 0.417 e. The van der Waals surface area contributed by atoms with Gasteiger partial charge in [0.05, 0.1) is 28.4 Å². The topological polar surface area (TPSA) is 112 Å². The van der Waals surface area contributed by atoms with Gasteiger partial charge in [0.2, 0.25) is 5.75 Å². The van der Waals surface area contributed by atoms with Crippen molar-refractivity contribution in [1.82, 2.24) is 9.13 Å². The van der Waals surface area contributed by atoms with Crippen molar-refractivity contribution in [3.8, 4) is 28.4 Å². The first-order chi connectivity index (χ1) is 15.7. The molecule has 2 heterocycles. The molecule has 1 aromatic carbocycles. The monoisotopic (exact) mass is 456 g/mol. The molecule has 0 aliphatic rings. The Balaban J connectivity index is 2.60. The Kier molecular flexibility index (Phi) is 6.57. The molecule has 3 aromatic rings. The van der Waals surface area contributed by atoms with E-state index in [1.165, 1.54) is 46.1 Å². The summed E-state index contributed by atoms with van der Waals surface area (Å²) in [5.41, 5.74) is 0.410. The highest BCUT2D eigenvalue weighted by Crippen LogP contribution is 2.43. The summed E-state index contributed by atoms with van der Waals surface area (Å²) in [6.45, 7) is 5.21. The van der Waals surface area contributed by atoms with Crippen LogP contribution in [-0.2, 0) is 18.8 Å². The number of pyridine rings is 1. The summed E-state index contributed by atoms with van der Waals surface area (Å²) in [4.78, 5) is 42.0. The van der Waals surface area contributed by atoms with Crippen molar-refractivity contribution in [3.63, 3.8) is 0 Å². The first kappa shape index (κ1) is 23.6. The van der Waals surface area contributed by atoms with Crippen molar-refractivity contribution in [2.24, 2.45) is 14.1 Å². The molecule has 1 N–H and O–H groups in total. The smallest absolute Gasteiger partial charge is 0.417 e. The van der Waals surface area contributed by atoms with Gasteiger partial charge in [-0.3, -0.25) is 4.79 Å². The van der Waals surface area contributed by atoms with E-state index in [1.807, 2.05) is 0 Å². The molecule has 0 atom stereocenters. The Morgan fingerprint density at radius 1 is 1.06 bits per heavy atom. The molecule has 0 radical (unpaired) electrons. The molecule has 0 amide bonds. The number of hydrogen-bond donors (Lipinski definition) is 0. The molecule has 0 spiro atoms. The highest BCUT2D eigenvalue weighted by atomic mass is 16.5. The zero-order chi connectivity index (χ0) is 24.4. The molecule has 2 aromatic heterocycles. The number of aromatic amines is 1. The number of hydrogen-bond acceptors (Lipinski definition) is 7. The van der Waals surface area contributed by atoms with Crippen molar-refractivity contribution < 1.29 is 28.7 Å². The van der Waals surface area contributed by atoms with E-state index in [9.17, 15) is 14.4 Å². The van der Waals surface area contributed by atoms with Crippen LogP contribution in [0.1, 0.15) is 16.1 Å². The number of nitrogens with one attached hydrogen (secondary N) is 1. The van der Waals surface area contributed by atoms with Crippen LogP contribution in [0, 0.1) is 6.92 Å². The predicted octanol–water partition coefficient (Wildman–Crippen LogP) is 1.40. The molecule has 10 heteroatoms. The quantitative estimate of drug-likeness (QED) is 0.390. The fraction of sp³-hybridized carbons (Fsp3) is 0.304. The Morgan fingerprint density at radius 2 is 1.67 bits per heavy atom. The third-order valence-electron chi connectivity index (χ3n) is 5.34. The number of benzene rings is 1. The van der Waals surface area contributed by atoms with Crippen LogP contribution < -0.4 is 30.4 Å². The van der Waals surface area contributed by atoms with E-state index in [4.69, 9.17) is 18.9 Å². The lowest BCUT2D eigenvalue weighted by molar-refractivity contribution is -0.359. The third-order valence-corrected chi connectivity index (χ3v) is 5.34. The van der Waals surface area contributed by atoms with E-state index in [1.54, 1.807) is 19.1 Å². The number of fused-ring (bicyclic) bond motifs is 1. The van der Waals surface area contributed by atoms with Gasteiger partial charge in [0.1, 0.15) is 23.3 Å². The molecule has 0 fully saturated rings. The molecular weight excluding hydrogens is 430 g/mol. The second-order valence-corrected chi connectivity index (χ2v) is 7.23. The normalized spacial score (nSPS) is 10.7. The van der Waals surface area contributed by atoms with Crippen molar-refractivity contribution in [2.75, 3.05) is 27.9 Å². The highest BCUT2D eigenvalue weighted by Gasteiger charge is 2.30. The number of carbonyl (C=O) groups is 1. The zero-order valence-electron chi connectivity index (χ0n) is 19.4. The van der Waals surface area contributed by atoms with Gasteiger partial charge in [0.15, 0.2) is 11.5 Å². The van der Waals surface area contributed by atoms with Crippen LogP contribution in [0.2, 0.25) is 0 Å². The summed E-state index contributed by atoms with van der Waals surface area (Å²) >= 11 is 0. The van der Waals surface area contributed by atoms with Crippen molar-refractivity contribution in [2.45, 2.75) is 6.92 Å². The maximum absolute atomic E-state index is 13.3. The Hall–Kier alpha value is -4.08. The lowest BCUT2D eigenvalue weighted by Gasteiger charge is -2.17. The van der Waals surface area contributed by atoms with E-state index in [2.05, 4.69) is 11.6 Å². The van der Waals surface area contributed by atoms with E-state index < -0.39 is 17.2 Å².